The van der Waals surface area contributed by atoms with Crippen molar-refractivity contribution in [2.75, 3.05) is 40.3 Å². The van der Waals surface area contributed by atoms with Gasteiger partial charge in [0.15, 0.2) is 0 Å². The molecule has 2 saturated heterocycles. The van der Waals surface area contributed by atoms with E-state index in [9.17, 15) is 4.79 Å². The number of para-hydroxylation sites is 1. The Hall–Kier alpha value is -1.59. The molecule has 5 heteroatoms. The zero-order valence-electron chi connectivity index (χ0n) is 15.5. The molecule has 0 bridgehead atoms. The fourth-order valence-corrected chi connectivity index (χ4v) is 4.40. The lowest BCUT2D eigenvalue weighted by atomic mass is 9.77. The normalized spacial score (nSPS) is 22.9. The summed E-state index contributed by atoms with van der Waals surface area (Å²) in [5, 5.41) is 6.58. The van der Waals surface area contributed by atoms with Crippen molar-refractivity contribution in [1.29, 1.82) is 0 Å². The SMILES string of the molecule is COc1ccccc1CCCNC(=O)C1CC2(CCNCC2)CN1C. The van der Waals surface area contributed by atoms with Gasteiger partial charge >= 0.3 is 0 Å². The highest BCUT2D eigenvalue weighted by atomic mass is 16.5. The highest BCUT2D eigenvalue weighted by molar-refractivity contribution is 5.82. The van der Waals surface area contributed by atoms with E-state index in [1.807, 2.05) is 18.2 Å². The Kier molecular flexibility index (Phi) is 5.97. The fourth-order valence-electron chi connectivity index (χ4n) is 4.40. The van der Waals surface area contributed by atoms with Crippen LogP contribution in [0.3, 0.4) is 0 Å². The van der Waals surface area contributed by atoms with Crippen LogP contribution in [0, 0.1) is 5.41 Å². The molecular weight excluding hydrogens is 314 g/mol. The van der Waals surface area contributed by atoms with Crippen molar-refractivity contribution < 1.29 is 9.53 Å². The molecule has 138 valence electrons. The van der Waals surface area contributed by atoms with E-state index in [1.165, 1.54) is 18.4 Å². The number of hydrogen-bond donors (Lipinski definition) is 2. The van der Waals surface area contributed by atoms with Gasteiger partial charge in [-0.3, -0.25) is 9.69 Å². The number of likely N-dealkylation sites (tertiary alicyclic amines) is 1. The third kappa shape index (κ3) is 4.33. The first-order chi connectivity index (χ1) is 12.1. The number of nitrogens with one attached hydrogen (secondary N) is 2. The van der Waals surface area contributed by atoms with Gasteiger partial charge in [0.25, 0.3) is 0 Å². The van der Waals surface area contributed by atoms with Gasteiger partial charge in [0.2, 0.25) is 5.91 Å². The molecule has 25 heavy (non-hydrogen) atoms. The molecule has 2 N–H and O–H groups in total. The molecule has 1 unspecified atom stereocenters. The van der Waals surface area contributed by atoms with E-state index in [-0.39, 0.29) is 11.9 Å². The number of aryl methyl sites for hydroxylation is 1. The van der Waals surface area contributed by atoms with Crippen LogP contribution in [-0.4, -0.2) is 57.2 Å². The van der Waals surface area contributed by atoms with Crippen LogP contribution in [0.5, 0.6) is 5.75 Å². The Balaban J connectivity index is 1.45. The van der Waals surface area contributed by atoms with Gasteiger partial charge in [0.05, 0.1) is 13.2 Å². The summed E-state index contributed by atoms with van der Waals surface area (Å²) in [7, 11) is 3.79. The summed E-state index contributed by atoms with van der Waals surface area (Å²) in [5.74, 6) is 1.12. The molecule has 3 rings (SSSR count). The topological polar surface area (TPSA) is 53.6 Å². The Bertz CT molecular complexity index is 584. The van der Waals surface area contributed by atoms with Crippen molar-refractivity contribution in [3.8, 4) is 5.75 Å². The van der Waals surface area contributed by atoms with Crippen molar-refractivity contribution in [3.63, 3.8) is 0 Å². The molecule has 1 amide bonds. The summed E-state index contributed by atoms with van der Waals surface area (Å²) in [5.41, 5.74) is 1.55. The summed E-state index contributed by atoms with van der Waals surface area (Å²) < 4.78 is 5.38. The number of nitrogens with zero attached hydrogens (tertiary/aromatic N) is 1. The Morgan fingerprint density at radius 3 is 2.88 bits per heavy atom. The number of piperidine rings is 1. The maximum atomic E-state index is 12.6. The molecule has 0 aliphatic carbocycles. The van der Waals surface area contributed by atoms with E-state index in [0.717, 1.165) is 51.2 Å². The standard InChI is InChI=1S/C20H31N3O2/c1-23-15-20(9-12-21-13-10-20)14-17(23)19(24)22-11-5-7-16-6-3-4-8-18(16)25-2/h3-4,6,8,17,21H,5,7,9-15H2,1-2H3,(H,22,24). The van der Waals surface area contributed by atoms with E-state index in [1.54, 1.807) is 7.11 Å². The second kappa shape index (κ2) is 8.19. The molecule has 1 aromatic carbocycles. The van der Waals surface area contributed by atoms with Crippen molar-refractivity contribution in [2.45, 2.75) is 38.1 Å². The molecule has 0 aromatic heterocycles. The van der Waals surface area contributed by atoms with E-state index in [4.69, 9.17) is 4.74 Å². The summed E-state index contributed by atoms with van der Waals surface area (Å²) in [6.45, 7) is 3.94. The Labute approximate surface area is 151 Å². The van der Waals surface area contributed by atoms with Crippen LogP contribution < -0.4 is 15.4 Å². The molecule has 2 aliphatic rings. The lowest BCUT2D eigenvalue weighted by Gasteiger charge is -2.33. The molecule has 0 saturated carbocycles. The van der Waals surface area contributed by atoms with Gasteiger partial charge in [-0.2, -0.15) is 0 Å². The van der Waals surface area contributed by atoms with Crippen LogP contribution in [0.15, 0.2) is 24.3 Å². The number of methoxy groups -OCH3 is 1. The fraction of sp³-hybridized carbons (Fsp3) is 0.650. The minimum atomic E-state index is 0.0318. The minimum Gasteiger partial charge on any atom is -0.496 e. The third-order valence-corrected chi connectivity index (χ3v) is 5.82. The number of likely N-dealkylation sites (N-methyl/N-ethyl adjacent to an activating group) is 1. The van der Waals surface area contributed by atoms with Crippen LogP contribution >= 0.6 is 0 Å². The van der Waals surface area contributed by atoms with Crippen LogP contribution in [0.2, 0.25) is 0 Å². The van der Waals surface area contributed by atoms with Crippen LogP contribution in [0.1, 0.15) is 31.2 Å². The number of carbonyl (C=O) groups is 1. The molecule has 1 aromatic rings. The van der Waals surface area contributed by atoms with Crippen molar-refractivity contribution >= 4 is 5.91 Å². The van der Waals surface area contributed by atoms with Gasteiger partial charge in [-0.05, 0) is 69.3 Å². The predicted octanol–water partition coefficient (Wildman–Crippen LogP) is 1.82. The number of amides is 1. The van der Waals surface area contributed by atoms with Gasteiger partial charge in [-0.15, -0.1) is 0 Å². The van der Waals surface area contributed by atoms with Crippen LogP contribution in [-0.2, 0) is 11.2 Å². The number of benzene rings is 1. The first kappa shape index (κ1) is 18.2. The van der Waals surface area contributed by atoms with E-state index in [0.29, 0.717) is 5.41 Å². The Morgan fingerprint density at radius 2 is 2.12 bits per heavy atom. The smallest absolute Gasteiger partial charge is 0.237 e. The summed E-state index contributed by atoms with van der Waals surface area (Å²) in [6.07, 6.45) is 5.23. The number of carbonyl (C=O) groups excluding carboxylic acids is 1. The van der Waals surface area contributed by atoms with E-state index < -0.39 is 0 Å². The quantitative estimate of drug-likeness (QED) is 0.772. The predicted molar refractivity (Wildman–Crippen MR) is 99.9 cm³/mol. The average molecular weight is 345 g/mol. The molecule has 2 aliphatic heterocycles. The van der Waals surface area contributed by atoms with Crippen molar-refractivity contribution in [3.05, 3.63) is 29.8 Å². The van der Waals surface area contributed by atoms with E-state index in [2.05, 4.69) is 28.6 Å². The van der Waals surface area contributed by atoms with Crippen molar-refractivity contribution in [2.24, 2.45) is 5.41 Å². The first-order valence-corrected chi connectivity index (χ1v) is 9.44. The molecule has 5 nitrogen and oxygen atoms in total. The van der Waals surface area contributed by atoms with E-state index >= 15 is 0 Å². The molecule has 1 atom stereocenters. The molecular formula is C20H31N3O2. The lowest BCUT2D eigenvalue weighted by Crippen LogP contribution is -2.41. The first-order valence-electron chi connectivity index (χ1n) is 9.44. The summed E-state index contributed by atoms with van der Waals surface area (Å²) >= 11 is 0. The molecule has 1 spiro atoms. The second-order valence-electron chi connectivity index (χ2n) is 7.59. The van der Waals surface area contributed by atoms with Gasteiger partial charge in [0, 0.05) is 13.1 Å². The highest BCUT2D eigenvalue weighted by Gasteiger charge is 2.45. The average Bonchev–Trinajstić information content (AvgIpc) is 2.95. The van der Waals surface area contributed by atoms with Gasteiger partial charge in [-0.1, -0.05) is 18.2 Å². The lowest BCUT2D eigenvalue weighted by molar-refractivity contribution is -0.125. The van der Waals surface area contributed by atoms with Crippen LogP contribution in [0.25, 0.3) is 0 Å². The monoisotopic (exact) mass is 345 g/mol. The molecule has 0 radical (unpaired) electrons. The number of ether oxygens (including phenoxy) is 1. The van der Waals surface area contributed by atoms with Crippen molar-refractivity contribution in [1.82, 2.24) is 15.5 Å². The maximum absolute atomic E-state index is 12.6. The molecule has 2 heterocycles. The largest absolute Gasteiger partial charge is 0.496 e. The summed E-state index contributed by atoms with van der Waals surface area (Å²) in [6, 6.07) is 8.12. The second-order valence-corrected chi connectivity index (χ2v) is 7.59. The van der Waals surface area contributed by atoms with Crippen LogP contribution in [0.4, 0.5) is 0 Å². The molecule has 2 fully saturated rings. The summed E-state index contributed by atoms with van der Waals surface area (Å²) in [4.78, 5) is 14.9. The zero-order chi connectivity index (χ0) is 17.7. The number of hydrogen-bond acceptors (Lipinski definition) is 4. The van der Waals surface area contributed by atoms with Gasteiger partial charge in [-0.25, -0.2) is 0 Å². The zero-order valence-corrected chi connectivity index (χ0v) is 15.5. The third-order valence-electron chi connectivity index (χ3n) is 5.82. The van der Waals surface area contributed by atoms with Gasteiger partial charge in [0.1, 0.15) is 5.75 Å². The highest BCUT2D eigenvalue weighted by Crippen LogP contribution is 2.41. The maximum Gasteiger partial charge on any atom is 0.237 e. The number of rotatable bonds is 6. The minimum absolute atomic E-state index is 0.0318. The Morgan fingerprint density at radius 1 is 1.36 bits per heavy atom. The van der Waals surface area contributed by atoms with Gasteiger partial charge < -0.3 is 15.4 Å².